The van der Waals surface area contributed by atoms with Gasteiger partial charge < -0.3 is 20.1 Å². The fraction of sp³-hybridized carbons (Fsp3) is 0.441. The minimum absolute atomic E-state index is 0.0631. The number of rotatable bonds is 15. The normalized spacial score (nSPS) is 12.0. The molecule has 1 unspecified atom stereocenters. The summed E-state index contributed by atoms with van der Waals surface area (Å²) in [6.45, 7) is 4.46. The van der Waals surface area contributed by atoms with E-state index < -0.39 is 6.10 Å². The molecule has 8 heteroatoms. The summed E-state index contributed by atoms with van der Waals surface area (Å²) in [6, 6.07) is 20.9. The van der Waals surface area contributed by atoms with Crippen LogP contribution in [0.4, 0.5) is 5.69 Å². The van der Waals surface area contributed by atoms with Crippen molar-refractivity contribution in [1.82, 2.24) is 14.9 Å². The number of anilines is 1. The smallest absolute Gasteiger partial charge is 0.251 e. The Labute approximate surface area is 253 Å². The van der Waals surface area contributed by atoms with Gasteiger partial charge in [-0.3, -0.25) is 4.79 Å². The van der Waals surface area contributed by atoms with E-state index in [0.29, 0.717) is 25.3 Å². The molecule has 1 atom stereocenters. The van der Waals surface area contributed by atoms with Crippen molar-refractivity contribution in [3.63, 3.8) is 0 Å². The fourth-order valence-electron chi connectivity index (χ4n) is 4.86. The number of hydrogen-bond acceptors (Lipinski definition) is 6. The monoisotopic (exact) mass is 589 g/mol. The van der Waals surface area contributed by atoms with Gasteiger partial charge in [-0.05, 0) is 74.1 Å². The van der Waals surface area contributed by atoms with Crippen molar-refractivity contribution in [2.24, 2.45) is 0 Å². The van der Waals surface area contributed by atoms with Crippen LogP contribution in [0.5, 0.6) is 0 Å². The molecule has 2 N–H and O–H groups in total. The van der Waals surface area contributed by atoms with Crippen LogP contribution < -0.4 is 20.1 Å². The summed E-state index contributed by atoms with van der Waals surface area (Å²) in [6.07, 6.45) is 5.18. The molecule has 1 amide bonds. The molecular formula is C34H45N4O3S+. The van der Waals surface area contributed by atoms with Crippen LogP contribution in [0.1, 0.15) is 54.9 Å². The van der Waals surface area contributed by atoms with Crippen molar-refractivity contribution >= 4 is 33.1 Å². The van der Waals surface area contributed by atoms with E-state index in [-0.39, 0.29) is 5.91 Å². The minimum atomic E-state index is -0.398. The molecule has 4 rings (SSSR count). The summed E-state index contributed by atoms with van der Waals surface area (Å²) >= 11 is 1.79. The first-order chi connectivity index (χ1) is 20.3. The van der Waals surface area contributed by atoms with Gasteiger partial charge in [0.2, 0.25) is 5.36 Å². The second kappa shape index (κ2) is 15.8. The highest BCUT2D eigenvalue weighted by Gasteiger charge is 2.11. The summed E-state index contributed by atoms with van der Waals surface area (Å²) in [4.78, 5) is 20.8. The Kier molecular flexibility index (Phi) is 11.9. The van der Waals surface area contributed by atoms with Crippen LogP contribution in [0.3, 0.4) is 0 Å². The van der Waals surface area contributed by atoms with E-state index in [1.807, 2.05) is 19.1 Å². The molecule has 0 saturated carbocycles. The minimum Gasteiger partial charge on any atom is -0.391 e. The topological polar surface area (TPSA) is 77.7 Å². The number of hydrogen-bond donors (Lipinski definition) is 2. The molecule has 1 heterocycles. The number of nitrogens with zero attached hydrogens (tertiary/aromatic N) is 3. The molecule has 0 saturated heterocycles. The van der Waals surface area contributed by atoms with Gasteiger partial charge in [0.1, 0.15) is 14.1 Å². The number of aryl methyl sites for hydroxylation is 1. The van der Waals surface area contributed by atoms with Crippen molar-refractivity contribution in [2.45, 2.75) is 51.6 Å². The second-order valence-electron chi connectivity index (χ2n) is 11.1. The number of carbonyl (C=O) groups is 1. The Morgan fingerprint density at radius 2 is 1.88 bits per heavy atom. The standard InChI is InChI=1S/C34H44N4O3S/c1-5-9-29(39)24-41-21-8-19-35-34(40)26-13-11-25(12-14-26)10-6-7-20-38(4)28-16-18-31-33(23-28)42-32-22-27(37(2)3)15-17-30(32)36-31/h11-18,22-23,29,39H,5-10,19-21,24H2,1-4H3/p+1. The predicted molar refractivity (Wildman–Crippen MR) is 175 cm³/mol. The Morgan fingerprint density at radius 3 is 2.64 bits per heavy atom. The van der Waals surface area contributed by atoms with Crippen LogP contribution >= 0.6 is 11.3 Å². The number of unbranched alkanes of at least 4 members (excludes halogenated alkanes) is 1. The van der Waals surface area contributed by atoms with Gasteiger partial charge in [0.25, 0.3) is 5.91 Å². The second-order valence-corrected chi connectivity index (χ2v) is 12.2. The van der Waals surface area contributed by atoms with Gasteiger partial charge in [-0.1, -0.05) is 25.5 Å². The summed E-state index contributed by atoms with van der Waals surface area (Å²) in [7, 11) is 6.27. The van der Waals surface area contributed by atoms with E-state index in [1.54, 1.807) is 11.3 Å². The van der Waals surface area contributed by atoms with Crippen LogP contribution in [0.15, 0.2) is 60.7 Å². The van der Waals surface area contributed by atoms with Crippen LogP contribution in [-0.4, -0.2) is 69.5 Å². The third kappa shape index (κ3) is 9.08. The van der Waals surface area contributed by atoms with Gasteiger partial charge in [-0.25, -0.2) is 9.56 Å². The Hall–Kier alpha value is -3.33. The Bertz CT molecular complexity index is 1480. The number of amides is 1. The van der Waals surface area contributed by atoms with Gasteiger partial charge >= 0.3 is 0 Å². The summed E-state index contributed by atoms with van der Waals surface area (Å²) in [5.74, 6) is -0.0631. The van der Waals surface area contributed by atoms with Gasteiger partial charge in [-0.15, -0.1) is 11.3 Å². The van der Waals surface area contributed by atoms with E-state index in [9.17, 15) is 9.90 Å². The third-order valence-electron chi connectivity index (χ3n) is 7.41. The first-order valence-electron chi connectivity index (χ1n) is 15.0. The van der Waals surface area contributed by atoms with Crippen molar-refractivity contribution in [3.05, 3.63) is 77.1 Å². The number of ether oxygens (including phenoxy) is 1. The van der Waals surface area contributed by atoms with Crippen molar-refractivity contribution in [3.8, 4) is 10.6 Å². The van der Waals surface area contributed by atoms with Gasteiger partial charge in [-0.2, -0.15) is 0 Å². The molecule has 1 aliphatic carbocycles. The third-order valence-corrected chi connectivity index (χ3v) is 8.51. The van der Waals surface area contributed by atoms with Gasteiger partial charge in [0.05, 0.1) is 33.5 Å². The van der Waals surface area contributed by atoms with Gasteiger partial charge in [0, 0.05) is 50.1 Å². The van der Waals surface area contributed by atoms with Crippen LogP contribution in [0, 0.1) is 0 Å². The van der Waals surface area contributed by atoms with E-state index in [1.165, 1.54) is 26.2 Å². The van der Waals surface area contributed by atoms with Crippen molar-refractivity contribution in [1.29, 1.82) is 0 Å². The number of nitrogens with one attached hydrogen (secondary N) is 1. The van der Waals surface area contributed by atoms with Crippen molar-refractivity contribution < 1.29 is 14.6 Å². The summed E-state index contributed by atoms with van der Waals surface area (Å²) in [5.41, 5.74) is 5.20. The molecule has 0 aromatic heterocycles. The maximum Gasteiger partial charge on any atom is 0.251 e. The Balaban J connectivity index is 1.20. The number of fused-ring (bicyclic) bond motifs is 2. The lowest BCUT2D eigenvalue weighted by molar-refractivity contribution is 0.0313. The van der Waals surface area contributed by atoms with E-state index >= 15 is 0 Å². The maximum absolute atomic E-state index is 12.4. The highest BCUT2D eigenvalue weighted by atomic mass is 32.1. The average molecular weight is 590 g/mol. The molecular weight excluding hydrogens is 544 g/mol. The quantitative estimate of drug-likeness (QED) is 0.113. The van der Waals surface area contributed by atoms with Crippen LogP contribution in [0.25, 0.3) is 20.8 Å². The number of aliphatic hydroxyl groups excluding tert-OH is 1. The highest BCUT2D eigenvalue weighted by molar-refractivity contribution is 7.21. The molecule has 42 heavy (non-hydrogen) atoms. The number of carbonyl (C=O) groups excluding carboxylic acids is 1. The average Bonchev–Trinajstić information content (AvgIpc) is 2.99. The number of aliphatic hydroxyl groups is 1. The lowest BCUT2D eigenvalue weighted by Crippen LogP contribution is -2.25. The molecule has 7 nitrogen and oxygen atoms in total. The lowest BCUT2D eigenvalue weighted by Gasteiger charge is -2.20. The van der Waals surface area contributed by atoms with E-state index in [4.69, 9.17) is 9.72 Å². The first kappa shape index (κ1) is 31.6. The van der Waals surface area contributed by atoms with E-state index in [0.717, 1.165) is 56.3 Å². The van der Waals surface area contributed by atoms with Gasteiger partial charge in [0.15, 0.2) is 0 Å². The SMILES string of the molecule is CCCC(O)COCCCNC(=O)c1ccc(CCCCN(C)c2ccc3nc4ccc(=[N+](C)C)cc-4sc3c2)cc1. The van der Waals surface area contributed by atoms with Crippen LogP contribution in [-0.2, 0) is 11.2 Å². The molecule has 1 aliphatic heterocycles. The maximum atomic E-state index is 12.4. The van der Waals surface area contributed by atoms with Crippen LogP contribution in [0.2, 0.25) is 0 Å². The zero-order valence-corrected chi connectivity index (χ0v) is 26.3. The zero-order chi connectivity index (χ0) is 29.9. The molecule has 224 valence electrons. The van der Waals surface area contributed by atoms with Crippen molar-refractivity contribution in [2.75, 3.05) is 52.3 Å². The molecule has 2 aliphatic rings. The first-order valence-corrected chi connectivity index (χ1v) is 15.8. The lowest BCUT2D eigenvalue weighted by atomic mass is 10.1. The number of aromatic nitrogens is 1. The number of benzene rings is 3. The Morgan fingerprint density at radius 1 is 1.07 bits per heavy atom. The fourth-order valence-corrected chi connectivity index (χ4v) is 5.89. The molecule has 0 radical (unpaired) electrons. The predicted octanol–water partition coefficient (Wildman–Crippen LogP) is 5.19. The summed E-state index contributed by atoms with van der Waals surface area (Å²) in [5, 5.41) is 13.8. The zero-order valence-electron chi connectivity index (χ0n) is 25.4. The molecule has 2 aromatic carbocycles. The highest BCUT2D eigenvalue weighted by Crippen LogP contribution is 2.31. The summed E-state index contributed by atoms with van der Waals surface area (Å²) < 4.78 is 8.79. The molecule has 2 aromatic rings. The largest absolute Gasteiger partial charge is 0.391 e. The molecule has 0 fully saturated rings. The molecule has 0 spiro atoms. The van der Waals surface area contributed by atoms with E-state index in [2.05, 4.69) is 84.5 Å². The molecule has 0 bridgehead atoms.